The van der Waals surface area contributed by atoms with E-state index in [1.54, 1.807) is 7.05 Å². The van der Waals surface area contributed by atoms with Crippen LogP contribution in [0.5, 0.6) is 0 Å². The molecule has 2 unspecified atom stereocenters. The summed E-state index contributed by atoms with van der Waals surface area (Å²) in [6.45, 7) is 3.90. The quantitative estimate of drug-likeness (QED) is 0.753. The van der Waals surface area contributed by atoms with Crippen molar-refractivity contribution in [3.8, 4) is 0 Å². The van der Waals surface area contributed by atoms with E-state index in [0.29, 0.717) is 0 Å². The third kappa shape index (κ3) is 2.51. The van der Waals surface area contributed by atoms with Gasteiger partial charge < -0.3 is 10.2 Å². The Balaban J connectivity index is 2.01. The molecule has 1 saturated carbocycles. The summed E-state index contributed by atoms with van der Waals surface area (Å²) in [5, 5.41) is 4.51. The second-order valence-electron chi connectivity index (χ2n) is 5.79. The van der Waals surface area contributed by atoms with Gasteiger partial charge in [0.05, 0.1) is 6.04 Å². The topological polar surface area (TPSA) is 58.6 Å². The SMILES string of the molecule is CC1C(C(=O)NC2(C)CCCCC2)C(=O)ON1C. The Hall–Kier alpha value is -1.10. The van der Waals surface area contributed by atoms with Gasteiger partial charge in [-0.2, -0.15) is 0 Å². The Labute approximate surface area is 108 Å². The van der Waals surface area contributed by atoms with Crippen molar-refractivity contribution < 1.29 is 14.4 Å². The third-order valence-electron chi connectivity index (χ3n) is 4.21. The first-order chi connectivity index (χ1) is 8.43. The summed E-state index contributed by atoms with van der Waals surface area (Å²) in [7, 11) is 1.68. The number of hydrogen-bond donors (Lipinski definition) is 1. The van der Waals surface area contributed by atoms with Crippen molar-refractivity contribution >= 4 is 11.9 Å². The predicted octanol–water partition coefficient (Wildman–Crippen LogP) is 1.23. The number of nitrogens with zero attached hydrogens (tertiary/aromatic N) is 1. The molecule has 1 saturated heterocycles. The summed E-state index contributed by atoms with van der Waals surface area (Å²) in [6, 6.07) is -0.204. The molecule has 2 fully saturated rings. The van der Waals surface area contributed by atoms with Gasteiger partial charge in [0.1, 0.15) is 0 Å². The Kier molecular flexibility index (Phi) is 3.61. The molecule has 1 N–H and O–H groups in total. The molecule has 0 bridgehead atoms. The van der Waals surface area contributed by atoms with Crippen LogP contribution in [0, 0.1) is 5.92 Å². The smallest absolute Gasteiger partial charge is 0.339 e. The van der Waals surface area contributed by atoms with Crippen molar-refractivity contribution in [1.29, 1.82) is 0 Å². The minimum absolute atomic E-state index is 0.156. The highest BCUT2D eigenvalue weighted by Gasteiger charge is 2.45. The molecule has 1 heterocycles. The Morgan fingerprint density at radius 1 is 1.39 bits per heavy atom. The molecule has 0 aromatic carbocycles. The molecule has 18 heavy (non-hydrogen) atoms. The monoisotopic (exact) mass is 254 g/mol. The van der Waals surface area contributed by atoms with Gasteiger partial charge in [0, 0.05) is 12.6 Å². The van der Waals surface area contributed by atoms with Gasteiger partial charge in [0.2, 0.25) is 5.91 Å². The van der Waals surface area contributed by atoms with Crippen molar-refractivity contribution in [2.45, 2.75) is 57.5 Å². The molecule has 0 aromatic heterocycles. The molecule has 5 heteroatoms. The molecule has 0 spiro atoms. The summed E-state index contributed by atoms with van der Waals surface area (Å²) in [6.07, 6.45) is 5.49. The van der Waals surface area contributed by atoms with Gasteiger partial charge in [-0.15, -0.1) is 5.06 Å². The van der Waals surface area contributed by atoms with Crippen molar-refractivity contribution in [3.05, 3.63) is 0 Å². The highest BCUT2D eigenvalue weighted by Crippen LogP contribution is 2.29. The van der Waals surface area contributed by atoms with Crippen LogP contribution in [0.4, 0.5) is 0 Å². The molecule has 0 radical (unpaired) electrons. The van der Waals surface area contributed by atoms with E-state index < -0.39 is 11.9 Å². The summed E-state index contributed by atoms with van der Waals surface area (Å²) >= 11 is 0. The molecule has 0 aromatic rings. The second kappa shape index (κ2) is 4.88. The molecule has 1 aliphatic carbocycles. The van der Waals surface area contributed by atoms with Crippen LogP contribution in [0.1, 0.15) is 46.0 Å². The fraction of sp³-hybridized carbons (Fsp3) is 0.846. The van der Waals surface area contributed by atoms with Crippen LogP contribution in [0.25, 0.3) is 0 Å². The van der Waals surface area contributed by atoms with E-state index in [9.17, 15) is 9.59 Å². The average molecular weight is 254 g/mol. The first-order valence-corrected chi connectivity index (χ1v) is 6.70. The van der Waals surface area contributed by atoms with E-state index in [4.69, 9.17) is 4.84 Å². The molecule has 102 valence electrons. The number of amides is 1. The lowest BCUT2D eigenvalue weighted by atomic mass is 9.82. The van der Waals surface area contributed by atoms with Crippen molar-refractivity contribution in [1.82, 2.24) is 10.4 Å². The van der Waals surface area contributed by atoms with Crippen molar-refractivity contribution in [3.63, 3.8) is 0 Å². The minimum Gasteiger partial charge on any atom is -0.367 e. The standard InChI is InChI=1S/C13H22N2O3/c1-9-10(12(17)18-15(9)3)11(16)14-13(2)7-5-4-6-8-13/h9-10H,4-8H2,1-3H3,(H,14,16). The third-order valence-corrected chi connectivity index (χ3v) is 4.21. The molecule has 2 rings (SSSR count). The van der Waals surface area contributed by atoms with Gasteiger partial charge in [-0.3, -0.25) is 4.79 Å². The van der Waals surface area contributed by atoms with Crippen LogP contribution in [-0.2, 0) is 14.4 Å². The Bertz CT molecular complexity index is 350. The molecule has 5 nitrogen and oxygen atoms in total. The van der Waals surface area contributed by atoms with Gasteiger partial charge in [0.15, 0.2) is 5.92 Å². The van der Waals surface area contributed by atoms with Crippen LogP contribution in [0.3, 0.4) is 0 Å². The summed E-state index contributed by atoms with van der Waals surface area (Å²) in [4.78, 5) is 28.9. The lowest BCUT2D eigenvalue weighted by molar-refractivity contribution is -0.169. The number of carbonyl (C=O) groups is 2. The first kappa shape index (κ1) is 13.3. The number of nitrogens with one attached hydrogen (secondary N) is 1. The van der Waals surface area contributed by atoms with E-state index in [1.165, 1.54) is 11.5 Å². The summed E-state index contributed by atoms with van der Waals surface area (Å²) < 4.78 is 0. The number of rotatable bonds is 2. The van der Waals surface area contributed by atoms with Gasteiger partial charge in [0.25, 0.3) is 0 Å². The lowest BCUT2D eigenvalue weighted by Crippen LogP contribution is -2.51. The predicted molar refractivity (Wildman–Crippen MR) is 66.4 cm³/mol. The van der Waals surface area contributed by atoms with Crippen molar-refractivity contribution in [2.24, 2.45) is 5.92 Å². The molecule has 1 aliphatic heterocycles. The van der Waals surface area contributed by atoms with Crippen LogP contribution in [0.2, 0.25) is 0 Å². The molecular weight excluding hydrogens is 232 g/mol. The van der Waals surface area contributed by atoms with E-state index >= 15 is 0 Å². The minimum atomic E-state index is -0.700. The van der Waals surface area contributed by atoms with E-state index in [1.807, 2.05) is 6.92 Å². The zero-order valence-corrected chi connectivity index (χ0v) is 11.4. The fourth-order valence-corrected chi connectivity index (χ4v) is 2.85. The average Bonchev–Trinajstić information content (AvgIpc) is 2.53. The highest BCUT2D eigenvalue weighted by atomic mass is 16.7. The number of hydroxylamine groups is 2. The van der Waals surface area contributed by atoms with Gasteiger partial charge >= 0.3 is 5.97 Å². The van der Waals surface area contributed by atoms with Gasteiger partial charge in [-0.1, -0.05) is 19.3 Å². The van der Waals surface area contributed by atoms with Crippen LogP contribution in [-0.4, -0.2) is 35.6 Å². The van der Waals surface area contributed by atoms with Crippen LogP contribution < -0.4 is 5.32 Å². The normalized spacial score (nSPS) is 32.1. The Morgan fingerprint density at radius 2 is 2.00 bits per heavy atom. The van der Waals surface area contributed by atoms with Gasteiger partial charge in [-0.05, 0) is 26.7 Å². The fourth-order valence-electron chi connectivity index (χ4n) is 2.85. The summed E-state index contributed by atoms with van der Waals surface area (Å²) in [5.74, 6) is -1.34. The maximum atomic E-state index is 12.2. The van der Waals surface area contributed by atoms with E-state index in [0.717, 1.165) is 25.7 Å². The highest BCUT2D eigenvalue weighted by molar-refractivity contribution is 5.99. The molecule has 2 aliphatic rings. The Morgan fingerprint density at radius 3 is 2.50 bits per heavy atom. The zero-order chi connectivity index (χ0) is 13.3. The van der Waals surface area contributed by atoms with E-state index in [-0.39, 0.29) is 17.5 Å². The second-order valence-corrected chi connectivity index (χ2v) is 5.79. The number of hydrogen-bond acceptors (Lipinski definition) is 4. The largest absolute Gasteiger partial charge is 0.367 e. The molecular formula is C13H22N2O3. The maximum absolute atomic E-state index is 12.2. The summed E-state index contributed by atoms with van der Waals surface area (Å²) in [5.41, 5.74) is -0.156. The van der Waals surface area contributed by atoms with Gasteiger partial charge in [-0.25, -0.2) is 4.79 Å². The number of carbonyl (C=O) groups excluding carboxylic acids is 2. The molecule has 2 atom stereocenters. The van der Waals surface area contributed by atoms with E-state index in [2.05, 4.69) is 12.2 Å². The zero-order valence-electron chi connectivity index (χ0n) is 11.4. The lowest BCUT2D eigenvalue weighted by Gasteiger charge is -2.35. The first-order valence-electron chi connectivity index (χ1n) is 6.70. The van der Waals surface area contributed by atoms with Crippen LogP contribution >= 0.6 is 0 Å². The van der Waals surface area contributed by atoms with Crippen LogP contribution in [0.15, 0.2) is 0 Å². The van der Waals surface area contributed by atoms with Crippen molar-refractivity contribution in [2.75, 3.05) is 7.05 Å². The maximum Gasteiger partial charge on any atom is 0.339 e. The molecule has 1 amide bonds.